The quantitative estimate of drug-likeness (QED) is 0.807. The molecule has 3 unspecified atom stereocenters. The summed E-state index contributed by atoms with van der Waals surface area (Å²) in [4.78, 5) is 14.8. The average molecular weight is 301 g/mol. The van der Waals surface area contributed by atoms with Gasteiger partial charge in [0.15, 0.2) is 0 Å². The van der Waals surface area contributed by atoms with Crippen LogP contribution in [0.3, 0.4) is 0 Å². The molecule has 0 spiro atoms. The van der Waals surface area contributed by atoms with Gasteiger partial charge in [0.25, 0.3) is 0 Å². The fraction of sp³-hybridized carbons (Fsp3) is 0.938. The lowest BCUT2D eigenvalue weighted by Gasteiger charge is -2.41. The van der Waals surface area contributed by atoms with Gasteiger partial charge in [-0.25, -0.2) is 0 Å². The zero-order valence-electron chi connectivity index (χ0n) is 12.6. The largest absolute Gasteiger partial charge is 0.340 e. The average Bonchev–Trinajstić information content (AvgIpc) is 2.46. The van der Waals surface area contributed by atoms with Gasteiger partial charge in [-0.15, -0.1) is 12.4 Å². The smallest absolute Gasteiger partial charge is 0.225 e. The summed E-state index contributed by atoms with van der Waals surface area (Å²) >= 11 is 0. The van der Waals surface area contributed by atoms with Crippen molar-refractivity contribution in [2.75, 3.05) is 19.6 Å². The molecule has 1 saturated heterocycles. The summed E-state index contributed by atoms with van der Waals surface area (Å²) in [6.07, 6.45) is 9.27. The van der Waals surface area contributed by atoms with E-state index in [1.807, 2.05) is 0 Å². The molecule has 1 aliphatic heterocycles. The zero-order chi connectivity index (χ0) is 13.2. The highest BCUT2D eigenvalue weighted by Gasteiger charge is 2.37. The topological polar surface area (TPSA) is 32.3 Å². The van der Waals surface area contributed by atoms with Crippen molar-refractivity contribution in [1.82, 2.24) is 10.2 Å². The van der Waals surface area contributed by atoms with Crippen LogP contribution in [0.5, 0.6) is 0 Å². The molecule has 3 nitrogen and oxygen atoms in total. The molecule has 2 saturated carbocycles. The Hall–Kier alpha value is -0.280. The molecular weight excluding hydrogens is 272 g/mol. The van der Waals surface area contributed by atoms with Crippen molar-refractivity contribution >= 4 is 18.3 Å². The second-order valence-electron chi connectivity index (χ2n) is 6.95. The monoisotopic (exact) mass is 300 g/mol. The predicted octanol–water partition coefficient (Wildman–Crippen LogP) is 2.84. The predicted molar refractivity (Wildman–Crippen MR) is 84.1 cm³/mol. The number of carbonyl (C=O) groups is 1. The lowest BCUT2D eigenvalue weighted by molar-refractivity contribution is -0.139. The van der Waals surface area contributed by atoms with Gasteiger partial charge in [-0.3, -0.25) is 4.79 Å². The Balaban J connectivity index is 0.00000147. The molecule has 2 aliphatic carbocycles. The molecule has 4 heteroatoms. The van der Waals surface area contributed by atoms with Crippen molar-refractivity contribution in [3.8, 4) is 0 Å². The van der Waals surface area contributed by atoms with E-state index >= 15 is 0 Å². The Kier molecular flexibility index (Phi) is 5.74. The van der Waals surface area contributed by atoms with Gasteiger partial charge in [0, 0.05) is 31.6 Å². The molecule has 0 aromatic rings. The van der Waals surface area contributed by atoms with Gasteiger partial charge in [-0.05, 0) is 38.0 Å². The van der Waals surface area contributed by atoms with E-state index in [1.165, 1.54) is 38.5 Å². The third-order valence-corrected chi connectivity index (χ3v) is 5.57. The normalized spacial score (nSPS) is 37.8. The van der Waals surface area contributed by atoms with Gasteiger partial charge in [-0.2, -0.15) is 0 Å². The molecule has 0 aromatic carbocycles. The summed E-state index contributed by atoms with van der Waals surface area (Å²) in [7, 11) is 0. The van der Waals surface area contributed by atoms with E-state index in [1.54, 1.807) is 0 Å². The van der Waals surface area contributed by atoms with Crippen LogP contribution < -0.4 is 5.32 Å². The fourth-order valence-corrected chi connectivity index (χ4v) is 4.49. The second kappa shape index (κ2) is 7.13. The minimum atomic E-state index is 0. The van der Waals surface area contributed by atoms with Crippen molar-refractivity contribution < 1.29 is 4.79 Å². The van der Waals surface area contributed by atoms with Crippen LogP contribution in [-0.4, -0.2) is 36.5 Å². The van der Waals surface area contributed by atoms with Gasteiger partial charge in [-0.1, -0.05) is 25.7 Å². The van der Waals surface area contributed by atoms with Crippen LogP contribution in [0.1, 0.15) is 51.9 Å². The summed E-state index contributed by atoms with van der Waals surface area (Å²) in [5.41, 5.74) is 0. The number of nitrogens with one attached hydrogen (secondary N) is 1. The Bertz CT molecular complexity index is 336. The number of fused-ring (bicyclic) bond motifs is 1. The van der Waals surface area contributed by atoms with Crippen LogP contribution >= 0.6 is 12.4 Å². The van der Waals surface area contributed by atoms with Crippen LogP contribution in [-0.2, 0) is 4.79 Å². The first-order valence-electron chi connectivity index (χ1n) is 8.26. The van der Waals surface area contributed by atoms with Crippen molar-refractivity contribution in [2.24, 2.45) is 17.8 Å². The number of carbonyl (C=O) groups excluding carboxylic acids is 1. The number of rotatable bonds is 1. The standard InChI is InChI=1S/C16H28N2O.ClH/c1-12-11-18(9-8-17-12)16(19)15-7-6-13-4-2-3-5-14(13)10-15;/h12-15,17H,2-11H2,1H3;1H/t12-,13?,14?,15?;/m1./s1. The molecule has 20 heavy (non-hydrogen) atoms. The minimum absolute atomic E-state index is 0. The number of hydrogen-bond acceptors (Lipinski definition) is 2. The Labute approximate surface area is 129 Å². The minimum Gasteiger partial charge on any atom is -0.340 e. The highest BCUT2D eigenvalue weighted by Crippen LogP contribution is 2.43. The first-order valence-corrected chi connectivity index (χ1v) is 8.26. The van der Waals surface area contributed by atoms with E-state index in [9.17, 15) is 4.79 Å². The van der Waals surface area contributed by atoms with E-state index in [0.29, 0.717) is 17.9 Å². The van der Waals surface area contributed by atoms with Gasteiger partial charge < -0.3 is 10.2 Å². The highest BCUT2D eigenvalue weighted by atomic mass is 35.5. The molecule has 3 rings (SSSR count). The summed E-state index contributed by atoms with van der Waals surface area (Å²) in [5.74, 6) is 2.60. The van der Waals surface area contributed by atoms with E-state index < -0.39 is 0 Å². The molecule has 1 amide bonds. The van der Waals surface area contributed by atoms with E-state index in [-0.39, 0.29) is 12.4 Å². The lowest BCUT2D eigenvalue weighted by atomic mass is 9.67. The first-order chi connectivity index (χ1) is 9.24. The third kappa shape index (κ3) is 3.48. The van der Waals surface area contributed by atoms with Crippen LogP contribution in [0.15, 0.2) is 0 Å². The zero-order valence-corrected chi connectivity index (χ0v) is 13.5. The summed E-state index contributed by atoms with van der Waals surface area (Å²) in [6.45, 7) is 4.96. The van der Waals surface area contributed by atoms with Crippen molar-refractivity contribution in [2.45, 2.75) is 57.9 Å². The molecule has 3 aliphatic rings. The van der Waals surface area contributed by atoms with Crippen LogP contribution in [0, 0.1) is 17.8 Å². The number of hydrogen-bond donors (Lipinski definition) is 1. The van der Waals surface area contributed by atoms with Gasteiger partial charge in [0.05, 0.1) is 0 Å². The van der Waals surface area contributed by atoms with Crippen molar-refractivity contribution in [3.05, 3.63) is 0 Å². The van der Waals surface area contributed by atoms with Gasteiger partial charge >= 0.3 is 0 Å². The first kappa shape index (κ1) is 16.1. The SMILES string of the molecule is C[C@@H]1CN(C(=O)C2CCC3CCCCC3C2)CCN1.Cl. The molecule has 1 N–H and O–H groups in total. The van der Waals surface area contributed by atoms with Gasteiger partial charge in [0.1, 0.15) is 0 Å². The maximum Gasteiger partial charge on any atom is 0.225 e. The number of nitrogens with zero attached hydrogens (tertiary/aromatic N) is 1. The summed E-state index contributed by atoms with van der Waals surface area (Å²) in [6, 6.07) is 0.462. The highest BCUT2D eigenvalue weighted by molar-refractivity contribution is 5.85. The number of halogens is 1. The van der Waals surface area contributed by atoms with Crippen LogP contribution in [0.4, 0.5) is 0 Å². The lowest BCUT2D eigenvalue weighted by Crippen LogP contribution is -2.53. The fourth-order valence-electron chi connectivity index (χ4n) is 4.49. The molecule has 0 aromatic heterocycles. The number of piperazine rings is 1. The van der Waals surface area contributed by atoms with Crippen LogP contribution in [0.25, 0.3) is 0 Å². The van der Waals surface area contributed by atoms with Crippen LogP contribution in [0.2, 0.25) is 0 Å². The molecule has 4 atom stereocenters. The number of amides is 1. The molecular formula is C16H29ClN2O. The van der Waals surface area contributed by atoms with E-state index in [4.69, 9.17) is 0 Å². The van der Waals surface area contributed by atoms with E-state index in [0.717, 1.165) is 37.9 Å². The Morgan fingerprint density at radius 2 is 1.85 bits per heavy atom. The Morgan fingerprint density at radius 3 is 2.60 bits per heavy atom. The maximum atomic E-state index is 12.7. The third-order valence-electron chi connectivity index (χ3n) is 5.57. The van der Waals surface area contributed by atoms with Crippen molar-refractivity contribution in [3.63, 3.8) is 0 Å². The second-order valence-corrected chi connectivity index (χ2v) is 6.95. The molecule has 0 radical (unpaired) electrons. The van der Waals surface area contributed by atoms with E-state index in [2.05, 4.69) is 17.1 Å². The summed E-state index contributed by atoms with van der Waals surface area (Å²) < 4.78 is 0. The Morgan fingerprint density at radius 1 is 1.10 bits per heavy atom. The van der Waals surface area contributed by atoms with Crippen molar-refractivity contribution in [1.29, 1.82) is 0 Å². The maximum absolute atomic E-state index is 12.7. The summed E-state index contributed by atoms with van der Waals surface area (Å²) in [5, 5.41) is 3.42. The molecule has 0 bridgehead atoms. The van der Waals surface area contributed by atoms with Gasteiger partial charge in [0.2, 0.25) is 5.91 Å². The molecule has 116 valence electrons. The molecule has 3 fully saturated rings. The molecule has 1 heterocycles.